The molecule has 0 amide bonds. The molecule has 1 atom stereocenters. The number of aryl methyl sites for hydroxylation is 2. The van der Waals surface area contributed by atoms with Crippen molar-refractivity contribution in [3.63, 3.8) is 0 Å². The molecular formula is C17H27IN6O. The van der Waals surface area contributed by atoms with E-state index in [1.54, 1.807) is 0 Å². The zero-order valence-corrected chi connectivity index (χ0v) is 17.4. The lowest BCUT2D eigenvalue weighted by Crippen LogP contribution is -2.48. The Morgan fingerprint density at radius 1 is 1.40 bits per heavy atom. The van der Waals surface area contributed by atoms with Crippen LogP contribution in [0.2, 0.25) is 0 Å². The maximum absolute atomic E-state index is 5.92. The van der Waals surface area contributed by atoms with Crippen LogP contribution in [0.5, 0.6) is 0 Å². The zero-order valence-electron chi connectivity index (χ0n) is 15.1. The number of morpholine rings is 1. The number of halogens is 1. The summed E-state index contributed by atoms with van der Waals surface area (Å²) >= 11 is 0. The summed E-state index contributed by atoms with van der Waals surface area (Å²) in [5, 5.41) is 7.65. The van der Waals surface area contributed by atoms with Crippen LogP contribution in [0.25, 0.3) is 0 Å². The number of guanidine groups is 1. The Morgan fingerprint density at radius 2 is 2.24 bits per heavy atom. The van der Waals surface area contributed by atoms with Gasteiger partial charge >= 0.3 is 0 Å². The van der Waals surface area contributed by atoms with Crippen LogP contribution in [0.15, 0.2) is 35.8 Å². The minimum absolute atomic E-state index is 0. The van der Waals surface area contributed by atoms with Crippen molar-refractivity contribution < 1.29 is 4.74 Å². The number of aliphatic imine (C=N–C) groups is 1. The molecule has 1 unspecified atom stereocenters. The molecule has 0 radical (unpaired) electrons. The number of aromatic nitrogens is 3. The molecule has 1 saturated heterocycles. The maximum atomic E-state index is 5.92. The predicted molar refractivity (Wildman–Crippen MR) is 109 cm³/mol. The summed E-state index contributed by atoms with van der Waals surface area (Å²) in [6, 6.07) is 2.10. The molecule has 0 saturated carbocycles. The highest BCUT2D eigenvalue weighted by molar-refractivity contribution is 14.0. The minimum atomic E-state index is 0. The fraction of sp³-hybridized carbons (Fsp3) is 0.529. The second kappa shape index (κ2) is 9.23. The van der Waals surface area contributed by atoms with Gasteiger partial charge in [0.15, 0.2) is 5.96 Å². The first kappa shape index (κ1) is 19.8. The molecule has 1 N–H and O–H groups in total. The molecule has 3 rings (SSSR count). The van der Waals surface area contributed by atoms with Gasteiger partial charge in [0.05, 0.1) is 25.9 Å². The van der Waals surface area contributed by atoms with Crippen molar-refractivity contribution >= 4 is 29.9 Å². The van der Waals surface area contributed by atoms with Crippen molar-refractivity contribution in [2.45, 2.75) is 19.6 Å². The summed E-state index contributed by atoms with van der Waals surface area (Å²) in [6.07, 6.45) is 8.08. The van der Waals surface area contributed by atoms with Crippen molar-refractivity contribution in [1.82, 2.24) is 24.6 Å². The third kappa shape index (κ3) is 5.21. The summed E-state index contributed by atoms with van der Waals surface area (Å²) in [4.78, 5) is 7.07. The molecule has 2 aromatic heterocycles. The number of hydrogen-bond acceptors (Lipinski definition) is 3. The van der Waals surface area contributed by atoms with Crippen molar-refractivity contribution in [3.8, 4) is 0 Å². The van der Waals surface area contributed by atoms with E-state index in [9.17, 15) is 0 Å². The molecule has 1 aliphatic heterocycles. The predicted octanol–water partition coefficient (Wildman–Crippen LogP) is 1.92. The molecule has 2 aromatic rings. The lowest BCUT2D eigenvalue weighted by Gasteiger charge is -2.34. The van der Waals surface area contributed by atoms with E-state index in [-0.39, 0.29) is 30.1 Å². The molecule has 1 aliphatic rings. The average Bonchev–Trinajstić information content (AvgIpc) is 3.20. The van der Waals surface area contributed by atoms with E-state index in [0.29, 0.717) is 13.2 Å². The Morgan fingerprint density at radius 3 is 2.88 bits per heavy atom. The molecule has 7 nitrogen and oxygen atoms in total. The van der Waals surface area contributed by atoms with Gasteiger partial charge in [0, 0.05) is 51.3 Å². The topological polar surface area (TPSA) is 59.6 Å². The van der Waals surface area contributed by atoms with Gasteiger partial charge in [0.2, 0.25) is 0 Å². The second-order valence-electron chi connectivity index (χ2n) is 6.11. The maximum Gasteiger partial charge on any atom is 0.194 e. The molecule has 0 aliphatic carbocycles. The van der Waals surface area contributed by atoms with Crippen molar-refractivity contribution in [3.05, 3.63) is 42.0 Å². The molecule has 138 valence electrons. The molecule has 1 fully saturated rings. The van der Waals surface area contributed by atoms with Crippen LogP contribution in [0.4, 0.5) is 0 Å². The number of ether oxygens (including phenoxy) is 1. The Hall–Kier alpha value is -1.55. The Bertz CT molecular complexity index is 695. The molecule has 0 aromatic carbocycles. The number of nitrogens with zero attached hydrogens (tertiary/aromatic N) is 5. The van der Waals surface area contributed by atoms with Gasteiger partial charge in [-0.25, -0.2) is 4.99 Å². The van der Waals surface area contributed by atoms with E-state index in [4.69, 9.17) is 9.73 Å². The van der Waals surface area contributed by atoms with Gasteiger partial charge in [-0.3, -0.25) is 4.68 Å². The van der Waals surface area contributed by atoms with Crippen LogP contribution in [-0.4, -0.2) is 51.4 Å². The monoisotopic (exact) mass is 458 g/mol. The van der Waals surface area contributed by atoms with E-state index in [1.807, 2.05) is 41.9 Å². The van der Waals surface area contributed by atoms with Gasteiger partial charge in [-0.05, 0) is 18.6 Å². The molecular weight excluding hydrogens is 431 g/mol. The van der Waals surface area contributed by atoms with Crippen molar-refractivity contribution in [2.24, 2.45) is 19.1 Å². The normalized spacial score (nSPS) is 18.1. The lowest BCUT2D eigenvalue weighted by atomic mass is 10.1. The van der Waals surface area contributed by atoms with E-state index < -0.39 is 0 Å². The molecule has 8 heteroatoms. The van der Waals surface area contributed by atoms with Crippen LogP contribution in [0, 0.1) is 0 Å². The van der Waals surface area contributed by atoms with E-state index in [2.05, 4.69) is 34.5 Å². The van der Waals surface area contributed by atoms with Crippen LogP contribution >= 0.6 is 24.0 Å². The fourth-order valence-electron chi connectivity index (χ4n) is 2.90. The molecule has 0 bridgehead atoms. The van der Waals surface area contributed by atoms with Crippen LogP contribution < -0.4 is 5.32 Å². The zero-order chi connectivity index (χ0) is 16.9. The Kier molecular flexibility index (Phi) is 7.30. The highest BCUT2D eigenvalue weighted by Gasteiger charge is 2.25. The van der Waals surface area contributed by atoms with E-state index in [0.717, 1.165) is 31.2 Å². The SMILES string of the molecule is CCNC(=NCc1ccn(C)c1)N1CCOC(c2cnn(C)c2)C1.I. The molecule has 25 heavy (non-hydrogen) atoms. The van der Waals surface area contributed by atoms with Crippen LogP contribution in [0.3, 0.4) is 0 Å². The Labute approximate surface area is 166 Å². The van der Waals surface area contributed by atoms with Gasteiger partial charge < -0.3 is 19.5 Å². The standard InChI is InChI=1S/C17H26N6O.HI/c1-4-18-17(19-9-14-5-6-21(2)11-14)23-7-8-24-16(13-23)15-10-20-22(3)12-15;/h5-6,10-12,16H,4,7-9,13H2,1-3H3,(H,18,19);1H. The molecule has 0 spiro atoms. The Balaban J connectivity index is 0.00000225. The summed E-state index contributed by atoms with van der Waals surface area (Å²) in [6.45, 7) is 5.94. The van der Waals surface area contributed by atoms with Crippen molar-refractivity contribution in [1.29, 1.82) is 0 Å². The van der Waals surface area contributed by atoms with Gasteiger partial charge in [0.1, 0.15) is 6.10 Å². The first-order chi connectivity index (χ1) is 11.7. The average molecular weight is 458 g/mol. The third-order valence-electron chi connectivity index (χ3n) is 4.10. The summed E-state index contributed by atoms with van der Waals surface area (Å²) in [7, 11) is 3.95. The van der Waals surface area contributed by atoms with Gasteiger partial charge in [-0.1, -0.05) is 0 Å². The highest BCUT2D eigenvalue weighted by Crippen LogP contribution is 2.21. The van der Waals surface area contributed by atoms with Crippen molar-refractivity contribution in [2.75, 3.05) is 26.2 Å². The van der Waals surface area contributed by atoms with Gasteiger partial charge in [0.25, 0.3) is 0 Å². The minimum Gasteiger partial charge on any atom is -0.370 e. The largest absolute Gasteiger partial charge is 0.370 e. The summed E-state index contributed by atoms with van der Waals surface area (Å²) in [5.74, 6) is 0.943. The highest BCUT2D eigenvalue weighted by atomic mass is 127. The molecule has 3 heterocycles. The van der Waals surface area contributed by atoms with Crippen LogP contribution in [-0.2, 0) is 25.4 Å². The van der Waals surface area contributed by atoms with Crippen LogP contribution in [0.1, 0.15) is 24.2 Å². The first-order valence-corrected chi connectivity index (χ1v) is 8.40. The number of rotatable bonds is 4. The summed E-state index contributed by atoms with van der Waals surface area (Å²) < 4.78 is 9.78. The smallest absolute Gasteiger partial charge is 0.194 e. The number of nitrogens with one attached hydrogen (secondary N) is 1. The quantitative estimate of drug-likeness (QED) is 0.432. The van der Waals surface area contributed by atoms with E-state index >= 15 is 0 Å². The third-order valence-corrected chi connectivity index (χ3v) is 4.10. The lowest BCUT2D eigenvalue weighted by molar-refractivity contribution is -0.00805. The number of hydrogen-bond donors (Lipinski definition) is 1. The second-order valence-corrected chi connectivity index (χ2v) is 6.11. The van der Waals surface area contributed by atoms with Gasteiger partial charge in [-0.15, -0.1) is 24.0 Å². The fourth-order valence-corrected chi connectivity index (χ4v) is 2.90. The van der Waals surface area contributed by atoms with Gasteiger partial charge in [-0.2, -0.15) is 5.10 Å². The first-order valence-electron chi connectivity index (χ1n) is 8.40. The van der Waals surface area contributed by atoms with E-state index in [1.165, 1.54) is 5.56 Å². The summed E-state index contributed by atoms with van der Waals surface area (Å²) in [5.41, 5.74) is 2.33.